The number of imidazole rings is 1. The van der Waals surface area contributed by atoms with Gasteiger partial charge in [0.05, 0.1) is 12.7 Å². The van der Waals surface area contributed by atoms with Gasteiger partial charge in [0.2, 0.25) is 0 Å². The average Bonchev–Trinajstić information content (AvgIpc) is 2.62. The van der Waals surface area contributed by atoms with Gasteiger partial charge in [-0.25, -0.2) is 4.57 Å². The van der Waals surface area contributed by atoms with E-state index in [0.717, 1.165) is 17.1 Å². The largest absolute Gasteiger partial charge is 1.00 e. The number of hydrogen-bond acceptors (Lipinski definition) is 0. The molecule has 0 saturated carbocycles. The van der Waals surface area contributed by atoms with Gasteiger partial charge in [0, 0.05) is 17.2 Å². The van der Waals surface area contributed by atoms with E-state index < -0.39 is 0 Å². The Balaban J connectivity index is 0.00000108. The Morgan fingerprint density at radius 3 is 2.82 bits per heavy atom. The molecule has 2 nitrogen and oxygen atoms in total. The van der Waals surface area contributed by atoms with Crippen LogP contribution in [0.2, 0.25) is 5.02 Å². The second kappa shape index (κ2) is 4.82. The first kappa shape index (κ1) is 12.6. The number of benzene rings is 1. The molecule has 4 heteroatoms. The Hall–Kier alpha value is -0.810. The van der Waals surface area contributed by atoms with E-state index >= 15 is 0 Å². The molecule has 0 aliphatic heterocycles. The highest BCUT2D eigenvalue weighted by Gasteiger charge is 2.16. The molecular formula is C13H12ClIN2. The van der Waals surface area contributed by atoms with Crippen LogP contribution >= 0.6 is 11.6 Å². The maximum Gasteiger partial charge on any atom is 0.287 e. The number of pyridine rings is 1. The molecule has 0 fully saturated rings. The van der Waals surface area contributed by atoms with E-state index in [9.17, 15) is 0 Å². The Morgan fingerprint density at radius 1 is 1.24 bits per heavy atom. The highest BCUT2D eigenvalue weighted by Crippen LogP contribution is 2.19. The van der Waals surface area contributed by atoms with Crippen molar-refractivity contribution in [2.45, 2.75) is 13.5 Å². The molecule has 2 heterocycles. The van der Waals surface area contributed by atoms with Crippen molar-refractivity contribution < 1.29 is 28.5 Å². The molecule has 3 aromatic rings. The van der Waals surface area contributed by atoms with E-state index in [0.29, 0.717) is 0 Å². The number of halogens is 2. The van der Waals surface area contributed by atoms with Gasteiger partial charge in [-0.05, 0) is 25.1 Å². The van der Waals surface area contributed by atoms with Crippen LogP contribution in [0, 0.1) is 0 Å². The van der Waals surface area contributed by atoms with Crippen LogP contribution in [-0.2, 0) is 6.54 Å². The Morgan fingerprint density at radius 2 is 2.06 bits per heavy atom. The van der Waals surface area contributed by atoms with Crippen LogP contribution in [0.3, 0.4) is 0 Å². The SMILES string of the molecule is CC[n+]1c2ccc(Cl)cc2n2ccccc21.[I-]. The lowest BCUT2D eigenvalue weighted by atomic mass is 10.3. The van der Waals surface area contributed by atoms with Gasteiger partial charge in [-0.3, -0.25) is 0 Å². The molecule has 17 heavy (non-hydrogen) atoms. The Bertz CT molecular complexity index is 676. The lowest BCUT2D eigenvalue weighted by Gasteiger charge is -1.91. The van der Waals surface area contributed by atoms with Crippen molar-refractivity contribution in [1.29, 1.82) is 0 Å². The summed E-state index contributed by atoms with van der Waals surface area (Å²) in [6, 6.07) is 12.2. The second-order valence-electron chi connectivity index (χ2n) is 3.81. The summed E-state index contributed by atoms with van der Waals surface area (Å²) in [7, 11) is 0. The third kappa shape index (κ3) is 1.91. The summed E-state index contributed by atoms with van der Waals surface area (Å²) in [5.74, 6) is 0. The smallest absolute Gasteiger partial charge is 0.287 e. The van der Waals surface area contributed by atoms with Gasteiger partial charge in [-0.2, -0.15) is 4.40 Å². The van der Waals surface area contributed by atoms with Gasteiger partial charge in [0.15, 0.2) is 11.0 Å². The summed E-state index contributed by atoms with van der Waals surface area (Å²) in [6.45, 7) is 3.11. The summed E-state index contributed by atoms with van der Waals surface area (Å²) >= 11 is 6.05. The number of nitrogens with zero attached hydrogens (tertiary/aromatic N) is 2. The van der Waals surface area contributed by atoms with E-state index in [-0.39, 0.29) is 24.0 Å². The number of aromatic nitrogens is 2. The predicted molar refractivity (Wildman–Crippen MR) is 65.8 cm³/mol. The Kier molecular flexibility index (Phi) is 3.58. The minimum Gasteiger partial charge on any atom is -1.00 e. The van der Waals surface area contributed by atoms with Gasteiger partial charge >= 0.3 is 0 Å². The molecule has 0 N–H and O–H groups in total. The fraction of sp³-hybridized carbons (Fsp3) is 0.154. The van der Waals surface area contributed by atoms with Gasteiger partial charge in [-0.1, -0.05) is 17.7 Å². The summed E-state index contributed by atoms with van der Waals surface area (Å²) in [5, 5.41) is 0.777. The monoisotopic (exact) mass is 358 g/mol. The normalized spacial score (nSPS) is 10.7. The maximum absolute atomic E-state index is 6.05. The molecule has 88 valence electrons. The first-order valence-corrected chi connectivity index (χ1v) is 5.77. The summed E-state index contributed by atoms with van der Waals surface area (Å²) < 4.78 is 4.45. The van der Waals surface area contributed by atoms with E-state index in [1.54, 1.807) is 0 Å². The molecule has 0 spiro atoms. The quantitative estimate of drug-likeness (QED) is 0.429. The first-order chi connectivity index (χ1) is 7.81. The molecule has 0 aliphatic rings. The van der Waals surface area contributed by atoms with Crippen molar-refractivity contribution in [1.82, 2.24) is 4.40 Å². The van der Waals surface area contributed by atoms with Crippen LogP contribution in [0.15, 0.2) is 42.6 Å². The van der Waals surface area contributed by atoms with Crippen LogP contribution in [-0.4, -0.2) is 4.40 Å². The zero-order valence-electron chi connectivity index (χ0n) is 9.40. The first-order valence-electron chi connectivity index (χ1n) is 5.39. The molecule has 0 radical (unpaired) electrons. The number of hydrogen-bond donors (Lipinski definition) is 0. The summed E-state index contributed by atoms with van der Waals surface area (Å²) in [4.78, 5) is 0. The fourth-order valence-corrected chi connectivity index (χ4v) is 2.40. The van der Waals surface area contributed by atoms with Gasteiger partial charge < -0.3 is 24.0 Å². The molecule has 0 unspecified atom stereocenters. The van der Waals surface area contributed by atoms with Crippen LogP contribution in [0.25, 0.3) is 16.7 Å². The van der Waals surface area contributed by atoms with Crippen molar-refractivity contribution in [3.05, 3.63) is 47.6 Å². The van der Waals surface area contributed by atoms with Crippen molar-refractivity contribution in [3.63, 3.8) is 0 Å². The summed E-state index contributed by atoms with van der Waals surface area (Å²) in [5.41, 5.74) is 3.57. The minimum absolute atomic E-state index is 0. The number of rotatable bonds is 1. The highest BCUT2D eigenvalue weighted by molar-refractivity contribution is 6.31. The van der Waals surface area contributed by atoms with Crippen molar-refractivity contribution in [3.8, 4) is 0 Å². The zero-order valence-corrected chi connectivity index (χ0v) is 12.3. The average molecular weight is 359 g/mol. The van der Waals surface area contributed by atoms with Gasteiger partial charge in [0.25, 0.3) is 5.65 Å². The number of fused-ring (bicyclic) bond motifs is 3. The molecular weight excluding hydrogens is 347 g/mol. The zero-order chi connectivity index (χ0) is 11.1. The lowest BCUT2D eigenvalue weighted by molar-refractivity contribution is -0.642. The molecule has 2 aromatic heterocycles. The minimum atomic E-state index is 0. The van der Waals surface area contributed by atoms with Crippen molar-refractivity contribution >= 4 is 28.3 Å². The van der Waals surface area contributed by atoms with E-state index in [2.05, 4.69) is 40.3 Å². The molecule has 0 amide bonds. The van der Waals surface area contributed by atoms with Gasteiger partial charge in [-0.15, -0.1) is 0 Å². The summed E-state index contributed by atoms with van der Waals surface area (Å²) in [6.07, 6.45) is 2.07. The van der Waals surface area contributed by atoms with Crippen LogP contribution in [0.5, 0.6) is 0 Å². The number of aryl methyl sites for hydroxylation is 1. The topological polar surface area (TPSA) is 8.29 Å². The molecule has 0 bridgehead atoms. The second-order valence-corrected chi connectivity index (χ2v) is 4.24. The molecule has 0 saturated heterocycles. The van der Waals surface area contributed by atoms with Crippen molar-refractivity contribution in [2.24, 2.45) is 0 Å². The van der Waals surface area contributed by atoms with E-state index in [1.165, 1.54) is 11.2 Å². The van der Waals surface area contributed by atoms with E-state index in [4.69, 9.17) is 11.6 Å². The lowest BCUT2D eigenvalue weighted by Crippen LogP contribution is -3.00. The molecule has 0 atom stereocenters. The van der Waals surface area contributed by atoms with E-state index in [1.807, 2.05) is 18.2 Å². The third-order valence-corrected chi connectivity index (χ3v) is 3.15. The highest BCUT2D eigenvalue weighted by atomic mass is 127. The third-order valence-electron chi connectivity index (χ3n) is 2.92. The molecule has 1 aromatic carbocycles. The van der Waals surface area contributed by atoms with Crippen molar-refractivity contribution in [2.75, 3.05) is 0 Å². The van der Waals surface area contributed by atoms with Gasteiger partial charge in [0.1, 0.15) is 0 Å². The van der Waals surface area contributed by atoms with Crippen LogP contribution in [0.4, 0.5) is 0 Å². The maximum atomic E-state index is 6.05. The standard InChI is InChI=1S/C13H12ClN2.HI/c1-2-15-11-7-6-10(14)9-12(11)16-8-4-3-5-13(15)16;/h3-9H,2H2,1H3;1H/q+1;/p-1. The molecule has 3 rings (SSSR count). The Labute approximate surface area is 122 Å². The van der Waals surface area contributed by atoms with Crippen LogP contribution in [0.1, 0.15) is 6.92 Å². The predicted octanol–water partition coefficient (Wildman–Crippen LogP) is 0.0573. The van der Waals surface area contributed by atoms with Crippen LogP contribution < -0.4 is 28.5 Å². The molecule has 0 aliphatic carbocycles. The fourth-order valence-electron chi connectivity index (χ4n) is 2.23.